The van der Waals surface area contributed by atoms with Gasteiger partial charge in [-0.05, 0) is 50.5 Å². The van der Waals surface area contributed by atoms with Crippen LogP contribution in [0.1, 0.15) is 37.5 Å². The first-order valence-corrected chi connectivity index (χ1v) is 9.43. The van der Waals surface area contributed by atoms with Crippen LogP contribution in [0.4, 0.5) is 0 Å². The number of benzene rings is 1. The summed E-state index contributed by atoms with van der Waals surface area (Å²) in [5.41, 5.74) is 1.71. The number of aryl methyl sites for hydroxylation is 2. The molecule has 0 radical (unpaired) electrons. The van der Waals surface area contributed by atoms with Gasteiger partial charge in [-0.15, -0.1) is 0 Å². The van der Waals surface area contributed by atoms with Crippen molar-refractivity contribution in [2.45, 2.75) is 64.0 Å². The lowest BCUT2D eigenvalue weighted by atomic mass is 10.2. The Hall–Kier alpha value is -2.32. The number of carbonyl (C=O) groups excluding carboxylic acids is 1. The standard InChI is InChI=1S/C19H24N2O5S/c1-6-16-17(23)20-19(24)21(10-25-14(5)26-13(4)22)18(16)27-15-8-11(2)7-12(3)9-15/h7-9,14H,6,10H2,1-5H3,(H,20,23,24). The Morgan fingerprint density at radius 3 is 2.41 bits per heavy atom. The zero-order valence-corrected chi connectivity index (χ0v) is 16.9. The lowest BCUT2D eigenvalue weighted by Gasteiger charge is -2.18. The van der Waals surface area contributed by atoms with E-state index >= 15 is 0 Å². The lowest BCUT2D eigenvalue weighted by molar-refractivity contribution is -0.180. The summed E-state index contributed by atoms with van der Waals surface area (Å²) in [4.78, 5) is 38.9. The molecule has 0 aliphatic rings. The first-order chi connectivity index (χ1) is 12.7. The molecule has 1 N–H and O–H groups in total. The number of nitrogens with one attached hydrogen (secondary N) is 1. The summed E-state index contributed by atoms with van der Waals surface area (Å²) in [5, 5.41) is 0.520. The molecular weight excluding hydrogens is 368 g/mol. The van der Waals surface area contributed by atoms with Crippen LogP contribution in [-0.4, -0.2) is 21.8 Å². The topological polar surface area (TPSA) is 90.4 Å². The Morgan fingerprint density at radius 2 is 1.85 bits per heavy atom. The number of H-pyrrole nitrogens is 1. The summed E-state index contributed by atoms with van der Waals surface area (Å²) in [7, 11) is 0. The van der Waals surface area contributed by atoms with E-state index in [0.717, 1.165) is 16.0 Å². The quantitative estimate of drug-likeness (QED) is 0.443. The highest BCUT2D eigenvalue weighted by Crippen LogP contribution is 2.30. The van der Waals surface area contributed by atoms with Gasteiger partial charge in [-0.2, -0.15) is 0 Å². The monoisotopic (exact) mass is 392 g/mol. The second-order valence-corrected chi connectivity index (χ2v) is 7.29. The van der Waals surface area contributed by atoms with E-state index in [1.54, 1.807) is 6.92 Å². The SMILES string of the molecule is CCc1c(Sc2cc(C)cc(C)c2)n(COC(C)OC(C)=O)c(=O)[nH]c1=O. The smallest absolute Gasteiger partial charge is 0.331 e. The molecular formula is C19H24N2O5S. The van der Waals surface area contributed by atoms with Gasteiger partial charge in [0, 0.05) is 17.4 Å². The predicted octanol–water partition coefficient (Wildman–Crippen LogP) is 2.75. The maximum Gasteiger partial charge on any atom is 0.331 e. The highest BCUT2D eigenvalue weighted by Gasteiger charge is 2.17. The van der Waals surface area contributed by atoms with Gasteiger partial charge in [-0.3, -0.25) is 19.1 Å². The molecule has 0 amide bonds. The molecule has 146 valence electrons. The highest BCUT2D eigenvalue weighted by molar-refractivity contribution is 7.99. The average molecular weight is 392 g/mol. The maximum atomic E-state index is 12.4. The van der Waals surface area contributed by atoms with Crippen molar-refractivity contribution in [3.8, 4) is 0 Å². The van der Waals surface area contributed by atoms with E-state index in [-0.39, 0.29) is 6.73 Å². The van der Waals surface area contributed by atoms with E-state index in [1.807, 2.05) is 32.9 Å². The Labute approximate surface area is 161 Å². The molecule has 0 spiro atoms. The van der Waals surface area contributed by atoms with Crippen molar-refractivity contribution in [2.75, 3.05) is 0 Å². The van der Waals surface area contributed by atoms with Crippen LogP contribution < -0.4 is 11.2 Å². The van der Waals surface area contributed by atoms with Gasteiger partial charge >= 0.3 is 11.7 Å². The first-order valence-electron chi connectivity index (χ1n) is 8.62. The fraction of sp³-hybridized carbons (Fsp3) is 0.421. The predicted molar refractivity (Wildman–Crippen MR) is 103 cm³/mol. The largest absolute Gasteiger partial charge is 0.436 e. The minimum atomic E-state index is -0.814. The fourth-order valence-electron chi connectivity index (χ4n) is 2.69. The average Bonchev–Trinajstić information content (AvgIpc) is 2.52. The van der Waals surface area contributed by atoms with Gasteiger partial charge in [0.25, 0.3) is 5.56 Å². The van der Waals surface area contributed by atoms with Gasteiger partial charge in [0.1, 0.15) is 6.73 Å². The molecule has 1 heterocycles. The molecule has 1 aromatic carbocycles. The Balaban J connectivity index is 2.44. The number of hydrogen-bond donors (Lipinski definition) is 1. The van der Waals surface area contributed by atoms with Crippen LogP contribution >= 0.6 is 11.8 Å². The maximum absolute atomic E-state index is 12.4. The van der Waals surface area contributed by atoms with Crippen LogP contribution in [0, 0.1) is 13.8 Å². The normalized spacial score (nSPS) is 12.0. The molecule has 0 aliphatic carbocycles. The Kier molecular flexibility index (Phi) is 7.04. The molecule has 1 unspecified atom stereocenters. The van der Waals surface area contributed by atoms with Crippen LogP contribution in [0.2, 0.25) is 0 Å². The minimum absolute atomic E-state index is 0.149. The van der Waals surface area contributed by atoms with E-state index in [4.69, 9.17) is 9.47 Å². The van der Waals surface area contributed by atoms with Gasteiger partial charge in [0.15, 0.2) is 0 Å². The summed E-state index contributed by atoms with van der Waals surface area (Å²) in [5.74, 6) is -0.476. The molecule has 0 saturated carbocycles. The molecule has 0 saturated heterocycles. The molecule has 0 bridgehead atoms. The van der Waals surface area contributed by atoms with Crippen LogP contribution in [0.25, 0.3) is 0 Å². The van der Waals surface area contributed by atoms with Gasteiger partial charge in [-0.25, -0.2) is 4.79 Å². The molecule has 2 aromatic rings. The van der Waals surface area contributed by atoms with Crippen molar-refractivity contribution in [2.24, 2.45) is 0 Å². The van der Waals surface area contributed by atoms with Gasteiger partial charge in [-0.1, -0.05) is 24.8 Å². The van der Waals surface area contributed by atoms with Crippen LogP contribution in [0.5, 0.6) is 0 Å². The molecule has 8 heteroatoms. The van der Waals surface area contributed by atoms with E-state index in [9.17, 15) is 14.4 Å². The van der Waals surface area contributed by atoms with E-state index in [0.29, 0.717) is 17.0 Å². The molecule has 2 rings (SSSR count). The van der Waals surface area contributed by atoms with Crippen molar-refractivity contribution < 1.29 is 14.3 Å². The fourth-order valence-corrected chi connectivity index (χ4v) is 4.01. The van der Waals surface area contributed by atoms with E-state index < -0.39 is 23.5 Å². The number of aromatic nitrogens is 2. The van der Waals surface area contributed by atoms with Gasteiger partial charge < -0.3 is 9.47 Å². The number of nitrogens with zero attached hydrogens (tertiary/aromatic N) is 1. The van der Waals surface area contributed by atoms with Crippen LogP contribution in [0.15, 0.2) is 37.7 Å². The number of ether oxygens (including phenoxy) is 2. The van der Waals surface area contributed by atoms with Crippen molar-refractivity contribution in [3.05, 3.63) is 55.7 Å². The zero-order valence-electron chi connectivity index (χ0n) is 16.1. The molecule has 7 nitrogen and oxygen atoms in total. The van der Waals surface area contributed by atoms with Gasteiger partial charge in [0.05, 0.1) is 5.03 Å². The summed E-state index contributed by atoms with van der Waals surface area (Å²) in [6, 6.07) is 6.05. The van der Waals surface area contributed by atoms with Crippen LogP contribution in [-0.2, 0) is 27.4 Å². The van der Waals surface area contributed by atoms with Crippen molar-refractivity contribution in [1.82, 2.24) is 9.55 Å². The highest BCUT2D eigenvalue weighted by atomic mass is 32.2. The molecule has 1 atom stereocenters. The number of rotatable bonds is 7. The van der Waals surface area contributed by atoms with E-state index in [2.05, 4.69) is 11.1 Å². The number of aromatic amines is 1. The second kappa shape index (κ2) is 9.05. The molecule has 0 aliphatic heterocycles. The number of carbonyl (C=O) groups is 1. The number of esters is 1. The summed E-state index contributed by atoms with van der Waals surface area (Å²) in [6.45, 7) is 8.54. The first kappa shape index (κ1) is 21.0. The Morgan fingerprint density at radius 1 is 1.22 bits per heavy atom. The Bertz CT molecular complexity index is 928. The van der Waals surface area contributed by atoms with Crippen molar-refractivity contribution in [1.29, 1.82) is 0 Å². The number of hydrogen-bond acceptors (Lipinski definition) is 6. The molecule has 27 heavy (non-hydrogen) atoms. The minimum Gasteiger partial charge on any atom is -0.436 e. The summed E-state index contributed by atoms with van der Waals surface area (Å²) >= 11 is 1.34. The van der Waals surface area contributed by atoms with Crippen molar-refractivity contribution in [3.63, 3.8) is 0 Å². The van der Waals surface area contributed by atoms with E-state index in [1.165, 1.54) is 23.3 Å². The zero-order chi connectivity index (χ0) is 20.1. The summed E-state index contributed by atoms with van der Waals surface area (Å²) in [6.07, 6.45) is -0.354. The third-order valence-corrected chi connectivity index (χ3v) is 4.91. The van der Waals surface area contributed by atoms with Crippen LogP contribution in [0.3, 0.4) is 0 Å². The molecule has 1 aromatic heterocycles. The third kappa shape index (κ3) is 5.58. The summed E-state index contributed by atoms with van der Waals surface area (Å²) < 4.78 is 11.7. The molecule has 0 fully saturated rings. The van der Waals surface area contributed by atoms with Gasteiger partial charge in [0.2, 0.25) is 6.29 Å². The third-order valence-electron chi connectivity index (χ3n) is 3.78. The second-order valence-electron chi connectivity index (χ2n) is 6.22. The lowest BCUT2D eigenvalue weighted by Crippen LogP contribution is -2.35. The van der Waals surface area contributed by atoms with Crippen molar-refractivity contribution >= 4 is 17.7 Å².